The molecule has 154 valence electrons. The maximum atomic E-state index is 12.4. The lowest BCUT2D eigenvalue weighted by atomic mass is 10.0. The van der Waals surface area contributed by atoms with E-state index in [1.54, 1.807) is 19.3 Å². The Kier molecular flexibility index (Phi) is 5.88. The summed E-state index contributed by atoms with van der Waals surface area (Å²) in [5.41, 5.74) is 1.91. The molecular formula is C20H20NO7S-. The molecule has 2 aromatic heterocycles. The first-order valence-corrected chi connectivity index (χ1v) is 10.6. The van der Waals surface area contributed by atoms with Crippen LogP contribution >= 0.6 is 0 Å². The first-order valence-electron chi connectivity index (χ1n) is 8.91. The summed E-state index contributed by atoms with van der Waals surface area (Å²) in [4.78, 5) is 36.0. The van der Waals surface area contributed by atoms with E-state index in [1.807, 2.05) is 13.0 Å². The minimum atomic E-state index is -1.47. The fourth-order valence-corrected chi connectivity index (χ4v) is 3.75. The number of amides is 1. The lowest BCUT2D eigenvalue weighted by molar-refractivity contribution is -0.308. The van der Waals surface area contributed by atoms with Crippen molar-refractivity contribution in [2.24, 2.45) is 0 Å². The van der Waals surface area contributed by atoms with E-state index in [-0.39, 0.29) is 24.2 Å². The summed E-state index contributed by atoms with van der Waals surface area (Å²) in [6, 6.07) is 2.18. The average Bonchev–Trinajstić information content (AvgIpc) is 3.00. The number of carbonyl (C=O) groups excluding carboxylic acids is 2. The number of nitrogens with one attached hydrogen (secondary N) is 1. The Bertz CT molecular complexity index is 1190. The number of rotatable bonds is 7. The topological polar surface area (TPSA) is 130 Å². The number of hydrogen-bond donors (Lipinski definition) is 1. The van der Waals surface area contributed by atoms with Gasteiger partial charge in [-0.15, -0.1) is 0 Å². The van der Waals surface area contributed by atoms with E-state index in [4.69, 9.17) is 8.83 Å². The molecule has 0 fully saturated rings. The van der Waals surface area contributed by atoms with Crippen molar-refractivity contribution in [3.8, 4) is 0 Å². The van der Waals surface area contributed by atoms with Gasteiger partial charge in [0.15, 0.2) is 0 Å². The highest BCUT2D eigenvalue weighted by molar-refractivity contribution is 7.84. The van der Waals surface area contributed by atoms with E-state index in [1.165, 1.54) is 6.26 Å². The normalized spacial score (nSPS) is 13.5. The number of aryl methyl sites for hydroxylation is 2. The molecule has 9 heteroatoms. The van der Waals surface area contributed by atoms with E-state index < -0.39 is 34.3 Å². The second-order valence-electron chi connectivity index (χ2n) is 6.94. The van der Waals surface area contributed by atoms with Crippen molar-refractivity contribution in [2.45, 2.75) is 32.7 Å². The predicted octanol–water partition coefficient (Wildman–Crippen LogP) is 0.702. The minimum absolute atomic E-state index is 0.0275. The first kappa shape index (κ1) is 20.8. The van der Waals surface area contributed by atoms with Crippen molar-refractivity contribution in [1.29, 1.82) is 0 Å². The average molecular weight is 418 g/mol. The summed E-state index contributed by atoms with van der Waals surface area (Å²) in [5.74, 6) is -2.02. The standard InChI is InChI=1S/C20H21NO7S/c1-10-9-27-16-8-17-13(6-12(10)16)11(2)14(20(25)28-17)7-18(22)21-15(19(23)24)4-5-29(3)26/h6,8-9,15H,4-5,7H2,1-3H3,(H,21,22)(H,23,24)/p-1/t15-,29-/m0/s1. The van der Waals surface area contributed by atoms with Gasteiger partial charge in [-0.25, -0.2) is 4.79 Å². The van der Waals surface area contributed by atoms with Gasteiger partial charge in [-0.05, 0) is 37.5 Å². The van der Waals surface area contributed by atoms with Gasteiger partial charge >= 0.3 is 5.63 Å². The molecule has 0 spiro atoms. The molecule has 3 rings (SSSR count). The fraction of sp³-hybridized carbons (Fsp3) is 0.350. The summed E-state index contributed by atoms with van der Waals surface area (Å²) in [6.07, 6.45) is 2.68. The van der Waals surface area contributed by atoms with E-state index >= 15 is 0 Å². The Morgan fingerprint density at radius 2 is 1.93 bits per heavy atom. The monoisotopic (exact) mass is 418 g/mol. The summed E-state index contributed by atoms with van der Waals surface area (Å²) >= 11 is 0. The number of aliphatic carboxylic acids is 1. The third-order valence-corrected chi connectivity index (χ3v) is 5.64. The summed E-state index contributed by atoms with van der Waals surface area (Å²) in [5, 5.41) is 15.1. The van der Waals surface area contributed by atoms with Gasteiger partial charge < -0.3 is 24.1 Å². The zero-order chi connectivity index (χ0) is 21.3. The maximum Gasteiger partial charge on any atom is 0.340 e. The number of carboxylic acid groups (broad SMARTS) is 1. The lowest BCUT2D eigenvalue weighted by Crippen LogP contribution is -2.49. The van der Waals surface area contributed by atoms with Gasteiger partial charge in [0, 0.05) is 39.6 Å². The van der Waals surface area contributed by atoms with Crippen molar-refractivity contribution in [1.82, 2.24) is 5.32 Å². The molecule has 0 saturated heterocycles. The van der Waals surface area contributed by atoms with E-state index in [2.05, 4.69) is 5.32 Å². The molecule has 1 N–H and O–H groups in total. The SMILES string of the molecule is Cc1coc2cc3oc(=O)c(CC(=O)N[C@@H](CC[S@](C)=O)C(=O)[O-])c(C)c3cc12. The third-order valence-electron chi connectivity index (χ3n) is 4.83. The van der Waals surface area contributed by atoms with Gasteiger partial charge in [0.05, 0.1) is 30.3 Å². The maximum absolute atomic E-state index is 12.4. The van der Waals surface area contributed by atoms with Gasteiger partial charge in [-0.2, -0.15) is 0 Å². The quantitative estimate of drug-likeness (QED) is 0.559. The van der Waals surface area contributed by atoms with Crippen LogP contribution < -0.4 is 16.0 Å². The highest BCUT2D eigenvalue weighted by Gasteiger charge is 2.19. The van der Waals surface area contributed by atoms with Crippen LogP contribution in [0.3, 0.4) is 0 Å². The van der Waals surface area contributed by atoms with Crippen molar-refractivity contribution in [3.05, 3.63) is 45.5 Å². The van der Waals surface area contributed by atoms with Crippen molar-refractivity contribution < 1.29 is 27.7 Å². The molecule has 2 heterocycles. The molecule has 0 aliphatic rings. The van der Waals surface area contributed by atoms with Crippen molar-refractivity contribution in [2.75, 3.05) is 12.0 Å². The van der Waals surface area contributed by atoms with E-state index in [0.29, 0.717) is 22.1 Å². The van der Waals surface area contributed by atoms with Crippen LogP contribution in [0.4, 0.5) is 0 Å². The molecule has 0 bridgehead atoms. The van der Waals surface area contributed by atoms with Gasteiger partial charge in [0.25, 0.3) is 0 Å². The number of carboxylic acids is 1. The van der Waals surface area contributed by atoms with Crippen molar-refractivity contribution >= 4 is 44.6 Å². The van der Waals surface area contributed by atoms with Crippen LogP contribution in [0.5, 0.6) is 0 Å². The Labute approximate surface area is 168 Å². The Balaban J connectivity index is 1.90. The molecule has 0 aliphatic carbocycles. The number of furan rings is 1. The van der Waals surface area contributed by atoms with Crippen LogP contribution in [-0.4, -0.2) is 34.1 Å². The minimum Gasteiger partial charge on any atom is -0.548 e. The zero-order valence-electron chi connectivity index (χ0n) is 16.2. The summed E-state index contributed by atoms with van der Waals surface area (Å²) in [6.45, 7) is 3.60. The van der Waals surface area contributed by atoms with Gasteiger partial charge in [0.1, 0.15) is 11.2 Å². The van der Waals surface area contributed by atoms with Crippen LogP contribution in [0.15, 0.2) is 32.0 Å². The van der Waals surface area contributed by atoms with Gasteiger partial charge in [-0.3, -0.25) is 9.00 Å². The number of fused-ring (bicyclic) bond motifs is 2. The highest BCUT2D eigenvalue weighted by atomic mass is 32.2. The predicted molar refractivity (Wildman–Crippen MR) is 106 cm³/mol. The molecule has 3 aromatic rings. The van der Waals surface area contributed by atoms with Gasteiger partial charge in [-0.1, -0.05) is 0 Å². The molecule has 0 saturated carbocycles. The number of carbonyl (C=O) groups is 2. The largest absolute Gasteiger partial charge is 0.548 e. The molecular weight excluding hydrogens is 398 g/mol. The highest BCUT2D eigenvalue weighted by Crippen LogP contribution is 2.28. The molecule has 0 aliphatic heterocycles. The molecule has 0 unspecified atom stereocenters. The number of hydrogen-bond acceptors (Lipinski definition) is 7. The van der Waals surface area contributed by atoms with E-state index in [0.717, 1.165) is 10.9 Å². The molecule has 1 aromatic carbocycles. The Hall–Kier alpha value is -2.94. The van der Waals surface area contributed by atoms with Crippen LogP contribution in [0.25, 0.3) is 21.9 Å². The van der Waals surface area contributed by atoms with Crippen LogP contribution in [0, 0.1) is 13.8 Å². The molecule has 1 amide bonds. The van der Waals surface area contributed by atoms with Crippen molar-refractivity contribution in [3.63, 3.8) is 0 Å². The fourth-order valence-electron chi connectivity index (χ4n) is 3.18. The molecule has 0 radical (unpaired) electrons. The van der Waals surface area contributed by atoms with E-state index in [9.17, 15) is 23.7 Å². The molecule has 29 heavy (non-hydrogen) atoms. The lowest BCUT2D eigenvalue weighted by Gasteiger charge is -2.19. The smallest absolute Gasteiger partial charge is 0.340 e. The summed E-state index contributed by atoms with van der Waals surface area (Å²) < 4.78 is 22.0. The second-order valence-corrected chi connectivity index (χ2v) is 8.49. The zero-order valence-corrected chi connectivity index (χ0v) is 17.0. The third kappa shape index (κ3) is 4.40. The Morgan fingerprint density at radius 1 is 1.21 bits per heavy atom. The Morgan fingerprint density at radius 3 is 2.59 bits per heavy atom. The van der Waals surface area contributed by atoms with Crippen LogP contribution in [-0.2, 0) is 26.8 Å². The second kappa shape index (κ2) is 8.20. The molecule has 2 atom stereocenters. The van der Waals surface area contributed by atoms with Gasteiger partial charge in [0.2, 0.25) is 5.91 Å². The molecule has 8 nitrogen and oxygen atoms in total. The number of benzene rings is 1. The van der Waals surface area contributed by atoms with Crippen LogP contribution in [0.1, 0.15) is 23.1 Å². The first-order chi connectivity index (χ1) is 13.7. The van der Waals surface area contributed by atoms with Crippen LogP contribution in [0.2, 0.25) is 0 Å². The summed E-state index contributed by atoms with van der Waals surface area (Å²) in [7, 11) is -1.20.